The van der Waals surface area contributed by atoms with Crippen LogP contribution in [0.3, 0.4) is 0 Å². The number of aromatic amines is 1. The Morgan fingerprint density at radius 2 is 1.64 bits per heavy atom. The average Bonchev–Trinajstić information content (AvgIpc) is 3.32. The minimum Gasteiger partial charge on any atom is -0.348 e. The summed E-state index contributed by atoms with van der Waals surface area (Å²) in [6, 6.07) is 24.1. The smallest absolute Gasteiger partial charge is 0.333 e. The summed E-state index contributed by atoms with van der Waals surface area (Å²) in [6.45, 7) is 0.515. The van der Waals surface area contributed by atoms with E-state index in [1.807, 2.05) is 60.7 Å². The van der Waals surface area contributed by atoms with Gasteiger partial charge in [0.25, 0.3) is 11.5 Å². The van der Waals surface area contributed by atoms with E-state index in [1.165, 1.54) is 6.20 Å². The fourth-order valence-electron chi connectivity index (χ4n) is 5.31. The zero-order valence-electron chi connectivity index (χ0n) is 20.4. The Bertz CT molecular complexity index is 2110. The summed E-state index contributed by atoms with van der Waals surface area (Å²) in [5, 5.41) is 5.28. The highest BCUT2D eigenvalue weighted by Gasteiger charge is 2.21. The van der Waals surface area contributed by atoms with Crippen molar-refractivity contribution in [2.24, 2.45) is 0 Å². The van der Waals surface area contributed by atoms with E-state index in [9.17, 15) is 14.4 Å². The lowest BCUT2D eigenvalue weighted by Gasteiger charge is -2.14. The summed E-state index contributed by atoms with van der Waals surface area (Å²) < 4.78 is 1.12. The number of hydrogen-bond acceptors (Lipinski definition) is 4. The summed E-state index contributed by atoms with van der Waals surface area (Å²) in [5.74, 6) is -0.101. The van der Waals surface area contributed by atoms with Crippen LogP contribution in [0.4, 0.5) is 0 Å². The van der Waals surface area contributed by atoms with Gasteiger partial charge in [-0.1, -0.05) is 66.2 Å². The van der Waals surface area contributed by atoms with Crippen molar-refractivity contribution in [2.75, 3.05) is 0 Å². The maximum absolute atomic E-state index is 13.6. The number of fused-ring (bicyclic) bond motifs is 3. The van der Waals surface area contributed by atoms with Crippen LogP contribution >= 0.6 is 11.6 Å². The van der Waals surface area contributed by atoms with Crippen LogP contribution < -0.4 is 16.6 Å². The molecule has 7 rings (SSSR count). The fraction of sp³-hybridized carbons (Fsp3) is 0.0323. The molecule has 8 heteroatoms. The third-order valence-corrected chi connectivity index (χ3v) is 7.51. The quantitative estimate of drug-likeness (QED) is 0.317. The van der Waals surface area contributed by atoms with E-state index in [0.29, 0.717) is 33.7 Å². The Balaban J connectivity index is 1.41. The number of aromatic nitrogens is 3. The number of pyridine rings is 1. The predicted octanol–water partition coefficient (Wildman–Crippen LogP) is 5.46. The summed E-state index contributed by atoms with van der Waals surface area (Å²) >= 11 is 6.71. The first-order valence-electron chi connectivity index (χ1n) is 12.3. The number of rotatable bonds is 3. The molecule has 0 aliphatic carbocycles. The molecular formula is C31H19ClN4O3. The Morgan fingerprint density at radius 1 is 0.795 bits per heavy atom. The molecule has 1 aliphatic heterocycles. The zero-order chi connectivity index (χ0) is 26.7. The second-order valence-corrected chi connectivity index (χ2v) is 9.84. The zero-order valence-corrected chi connectivity index (χ0v) is 21.1. The second-order valence-electron chi connectivity index (χ2n) is 9.43. The normalized spacial score (nSPS) is 12.6. The van der Waals surface area contributed by atoms with Crippen LogP contribution in [-0.2, 0) is 6.54 Å². The number of nitrogens with one attached hydrogen (secondary N) is 2. The van der Waals surface area contributed by atoms with Crippen LogP contribution in [-0.4, -0.2) is 20.4 Å². The van der Waals surface area contributed by atoms with E-state index in [1.54, 1.807) is 24.4 Å². The van der Waals surface area contributed by atoms with Gasteiger partial charge >= 0.3 is 5.69 Å². The van der Waals surface area contributed by atoms with Crippen molar-refractivity contribution in [1.29, 1.82) is 0 Å². The van der Waals surface area contributed by atoms with Crippen LogP contribution in [0.2, 0.25) is 5.02 Å². The monoisotopic (exact) mass is 530 g/mol. The van der Waals surface area contributed by atoms with E-state index < -0.39 is 11.2 Å². The maximum Gasteiger partial charge on any atom is 0.333 e. The predicted molar refractivity (Wildman–Crippen MR) is 153 cm³/mol. The van der Waals surface area contributed by atoms with Gasteiger partial charge < -0.3 is 10.3 Å². The molecule has 7 nitrogen and oxygen atoms in total. The second kappa shape index (κ2) is 8.79. The molecule has 3 heterocycles. The van der Waals surface area contributed by atoms with E-state index in [-0.39, 0.29) is 5.91 Å². The minimum atomic E-state index is -0.563. The lowest BCUT2D eigenvalue weighted by molar-refractivity contribution is 0.0966. The van der Waals surface area contributed by atoms with Crippen LogP contribution in [0.25, 0.3) is 49.6 Å². The van der Waals surface area contributed by atoms with E-state index >= 15 is 0 Å². The van der Waals surface area contributed by atoms with Crippen molar-refractivity contribution >= 4 is 39.2 Å². The molecule has 0 bridgehead atoms. The largest absolute Gasteiger partial charge is 0.348 e. The molecule has 0 atom stereocenters. The molecule has 188 valence electrons. The Labute approximate surface area is 226 Å². The molecular weight excluding hydrogens is 512 g/mol. The first kappa shape index (κ1) is 23.1. The van der Waals surface area contributed by atoms with Crippen molar-refractivity contribution in [3.8, 4) is 27.9 Å². The van der Waals surface area contributed by atoms with E-state index in [0.717, 1.165) is 43.2 Å². The van der Waals surface area contributed by atoms with Gasteiger partial charge in [-0.15, -0.1) is 0 Å². The van der Waals surface area contributed by atoms with Gasteiger partial charge in [-0.05, 0) is 46.5 Å². The number of hydrogen-bond donors (Lipinski definition) is 2. The third kappa shape index (κ3) is 3.66. The van der Waals surface area contributed by atoms with Crippen molar-refractivity contribution < 1.29 is 4.79 Å². The molecule has 1 amide bonds. The van der Waals surface area contributed by atoms with Gasteiger partial charge in [0, 0.05) is 39.7 Å². The van der Waals surface area contributed by atoms with Gasteiger partial charge in [-0.3, -0.25) is 14.6 Å². The van der Waals surface area contributed by atoms with E-state index in [4.69, 9.17) is 11.6 Å². The Morgan fingerprint density at radius 3 is 2.54 bits per heavy atom. The van der Waals surface area contributed by atoms with Gasteiger partial charge in [-0.25, -0.2) is 9.36 Å². The lowest BCUT2D eigenvalue weighted by Crippen LogP contribution is -2.33. The number of nitrogens with zero attached hydrogens (tertiary/aromatic N) is 2. The van der Waals surface area contributed by atoms with Crippen LogP contribution in [0.15, 0.2) is 101 Å². The van der Waals surface area contributed by atoms with Crippen molar-refractivity contribution in [3.63, 3.8) is 0 Å². The molecule has 4 aromatic carbocycles. The molecule has 0 fully saturated rings. The molecule has 0 spiro atoms. The minimum absolute atomic E-state index is 0.101. The first-order chi connectivity index (χ1) is 19.0. The van der Waals surface area contributed by atoms with Gasteiger partial charge in [0.05, 0.1) is 22.8 Å². The summed E-state index contributed by atoms with van der Waals surface area (Å²) in [7, 11) is 0. The van der Waals surface area contributed by atoms with Gasteiger partial charge in [-0.2, -0.15) is 0 Å². The first-order valence-corrected chi connectivity index (χ1v) is 12.7. The topological polar surface area (TPSA) is 96.8 Å². The molecule has 2 aromatic heterocycles. The standard InChI is InChI=1S/C31H19ClN4O3/c32-25-7-3-6-22(17-8-9-20-15-34-29(37)24(20)12-17)28(25)18-10-11-23-26(13-18)35-31(39)36(30(23)38)27-16-33-14-19-4-1-2-5-21(19)27/h1-14,16H,15H2,(H,34,37)(H,35,39). The highest BCUT2D eigenvalue weighted by Crippen LogP contribution is 2.39. The lowest BCUT2D eigenvalue weighted by atomic mass is 9.92. The van der Waals surface area contributed by atoms with Gasteiger partial charge in [0.2, 0.25) is 0 Å². The highest BCUT2D eigenvalue weighted by molar-refractivity contribution is 6.34. The summed E-state index contributed by atoms with van der Waals surface area (Å²) in [5.41, 5.74) is 4.55. The molecule has 0 saturated carbocycles. The average molecular weight is 531 g/mol. The number of halogens is 1. The Kier molecular flexibility index (Phi) is 5.21. The Hall–Kier alpha value is -5.01. The molecule has 2 N–H and O–H groups in total. The summed E-state index contributed by atoms with van der Waals surface area (Å²) in [4.78, 5) is 46.2. The number of benzene rings is 4. The molecule has 0 radical (unpaired) electrons. The van der Waals surface area contributed by atoms with Crippen LogP contribution in [0.1, 0.15) is 15.9 Å². The molecule has 6 aromatic rings. The van der Waals surface area contributed by atoms with Crippen molar-refractivity contribution in [3.05, 3.63) is 128 Å². The molecule has 0 saturated heterocycles. The number of H-pyrrole nitrogens is 1. The molecule has 1 aliphatic rings. The van der Waals surface area contributed by atoms with Gasteiger partial charge in [0.15, 0.2) is 0 Å². The van der Waals surface area contributed by atoms with Crippen molar-refractivity contribution in [2.45, 2.75) is 6.54 Å². The number of carbonyl (C=O) groups excluding carboxylic acids is 1. The summed E-state index contributed by atoms with van der Waals surface area (Å²) in [6.07, 6.45) is 3.21. The SMILES string of the molecule is O=C1NCc2ccc(-c3cccc(Cl)c3-c3ccc4c(=O)n(-c5cncc6ccccc56)c(=O)[nH]c4c3)cc21. The highest BCUT2D eigenvalue weighted by atomic mass is 35.5. The van der Waals surface area contributed by atoms with Crippen LogP contribution in [0, 0.1) is 0 Å². The van der Waals surface area contributed by atoms with E-state index in [2.05, 4.69) is 15.3 Å². The van der Waals surface area contributed by atoms with Crippen molar-refractivity contribution in [1.82, 2.24) is 19.9 Å². The van der Waals surface area contributed by atoms with Crippen LogP contribution in [0.5, 0.6) is 0 Å². The number of amides is 1. The molecule has 0 unspecified atom stereocenters. The maximum atomic E-state index is 13.6. The number of carbonyl (C=O) groups is 1. The third-order valence-electron chi connectivity index (χ3n) is 7.19. The fourth-order valence-corrected chi connectivity index (χ4v) is 5.59. The molecule has 39 heavy (non-hydrogen) atoms. The van der Waals surface area contributed by atoms with Gasteiger partial charge in [0.1, 0.15) is 0 Å².